The van der Waals surface area contributed by atoms with Crippen molar-refractivity contribution in [3.63, 3.8) is 0 Å². The molecule has 0 amide bonds. The summed E-state index contributed by atoms with van der Waals surface area (Å²) < 4.78 is 18.9. The molecule has 0 aliphatic carbocycles. The number of ether oxygens (including phenoxy) is 1. The maximum atomic E-state index is 13.5. The van der Waals surface area contributed by atoms with E-state index in [4.69, 9.17) is 20.5 Å². The smallest absolute Gasteiger partial charge is 0.491 e. The summed E-state index contributed by atoms with van der Waals surface area (Å²) in [7, 11) is -1.82. The molecule has 4 N–H and O–H groups in total. The number of hydrogen-bond donors (Lipinski definition) is 3. The Morgan fingerprint density at radius 1 is 1.10 bits per heavy atom. The van der Waals surface area contributed by atoms with E-state index >= 15 is 0 Å². The van der Waals surface area contributed by atoms with Crippen molar-refractivity contribution >= 4 is 18.3 Å². The van der Waals surface area contributed by atoms with E-state index in [2.05, 4.69) is 0 Å². The molecule has 0 aromatic heterocycles. The molecule has 0 unspecified atom stereocenters. The van der Waals surface area contributed by atoms with Gasteiger partial charge in [0.25, 0.3) is 0 Å². The summed E-state index contributed by atoms with van der Waals surface area (Å²) in [5, 5.41) is 17.8. The number of rotatable bonds is 5. The molecular formula is C14H15BFNO3. The lowest BCUT2D eigenvalue weighted by Gasteiger charge is -2.08. The second-order valence-electron chi connectivity index (χ2n) is 4.40. The molecule has 0 saturated carbocycles. The van der Waals surface area contributed by atoms with Gasteiger partial charge in [-0.25, -0.2) is 4.39 Å². The molecule has 0 saturated heterocycles. The first-order valence-electron chi connectivity index (χ1n) is 6.19. The maximum Gasteiger partial charge on any atom is 0.491 e. The Morgan fingerprint density at radius 2 is 1.80 bits per heavy atom. The van der Waals surface area contributed by atoms with Crippen molar-refractivity contribution in [3.8, 4) is 5.75 Å². The predicted octanol–water partition coefficient (Wildman–Crippen LogP) is 0.709. The molecule has 2 aromatic carbocycles. The molecule has 0 aliphatic rings. The number of hydrogen-bond acceptors (Lipinski definition) is 4. The number of anilines is 1. The van der Waals surface area contributed by atoms with Gasteiger partial charge in [0.2, 0.25) is 0 Å². The lowest BCUT2D eigenvalue weighted by molar-refractivity contribution is 0.320. The molecule has 104 valence electrons. The molecule has 0 spiro atoms. The van der Waals surface area contributed by atoms with Gasteiger partial charge in [-0.2, -0.15) is 0 Å². The van der Waals surface area contributed by atoms with Crippen molar-refractivity contribution in [1.29, 1.82) is 0 Å². The highest BCUT2D eigenvalue weighted by atomic mass is 19.1. The van der Waals surface area contributed by atoms with Crippen LogP contribution in [0.1, 0.15) is 5.56 Å². The van der Waals surface area contributed by atoms with Crippen LogP contribution in [-0.2, 0) is 6.42 Å². The van der Waals surface area contributed by atoms with Crippen LogP contribution < -0.4 is 15.9 Å². The highest BCUT2D eigenvalue weighted by Gasteiger charge is 2.16. The minimum absolute atomic E-state index is 0.170. The van der Waals surface area contributed by atoms with Crippen molar-refractivity contribution in [1.82, 2.24) is 0 Å². The molecule has 4 nitrogen and oxygen atoms in total. The minimum atomic E-state index is -1.82. The topological polar surface area (TPSA) is 75.7 Å². The third-order valence-corrected chi connectivity index (χ3v) is 2.89. The second kappa shape index (κ2) is 6.41. The SMILES string of the molecule is Nc1ccc(CCOc2ccc(B(O)O)c(F)c2)cc1. The monoisotopic (exact) mass is 275 g/mol. The van der Waals surface area contributed by atoms with Gasteiger partial charge < -0.3 is 20.5 Å². The van der Waals surface area contributed by atoms with Crippen molar-refractivity contribution in [3.05, 3.63) is 53.8 Å². The molecule has 0 aliphatic heterocycles. The molecule has 0 bridgehead atoms. The van der Waals surface area contributed by atoms with Crippen molar-refractivity contribution in [2.24, 2.45) is 0 Å². The van der Waals surface area contributed by atoms with Gasteiger partial charge in [0, 0.05) is 23.6 Å². The zero-order chi connectivity index (χ0) is 14.5. The summed E-state index contributed by atoms with van der Waals surface area (Å²) in [5.41, 5.74) is 7.19. The fourth-order valence-electron chi connectivity index (χ4n) is 1.78. The largest absolute Gasteiger partial charge is 0.493 e. The van der Waals surface area contributed by atoms with Gasteiger partial charge in [-0.1, -0.05) is 18.2 Å². The van der Waals surface area contributed by atoms with Crippen LogP contribution in [-0.4, -0.2) is 23.8 Å². The second-order valence-corrected chi connectivity index (χ2v) is 4.40. The molecule has 2 rings (SSSR count). The Balaban J connectivity index is 1.91. The van der Waals surface area contributed by atoms with E-state index < -0.39 is 12.9 Å². The number of benzene rings is 2. The lowest BCUT2D eigenvalue weighted by atomic mass is 9.80. The summed E-state index contributed by atoms with van der Waals surface area (Å²) in [4.78, 5) is 0. The van der Waals surface area contributed by atoms with Gasteiger partial charge in [0.1, 0.15) is 11.6 Å². The van der Waals surface area contributed by atoms with Crippen molar-refractivity contribution in [2.75, 3.05) is 12.3 Å². The van der Waals surface area contributed by atoms with Gasteiger partial charge >= 0.3 is 7.12 Å². The lowest BCUT2D eigenvalue weighted by Crippen LogP contribution is -2.32. The Kier molecular flexibility index (Phi) is 4.60. The minimum Gasteiger partial charge on any atom is -0.493 e. The van der Waals surface area contributed by atoms with E-state index in [1.807, 2.05) is 24.3 Å². The highest BCUT2D eigenvalue weighted by molar-refractivity contribution is 6.58. The Morgan fingerprint density at radius 3 is 2.40 bits per heavy atom. The van der Waals surface area contributed by atoms with Crippen LogP contribution in [0.2, 0.25) is 0 Å². The van der Waals surface area contributed by atoms with Crippen LogP contribution in [0, 0.1) is 5.82 Å². The fraction of sp³-hybridized carbons (Fsp3) is 0.143. The van der Waals surface area contributed by atoms with Crippen LogP contribution in [0.25, 0.3) is 0 Å². The molecule has 0 atom stereocenters. The normalized spacial score (nSPS) is 10.3. The van der Waals surface area contributed by atoms with E-state index in [1.54, 1.807) is 0 Å². The number of nitrogen functional groups attached to an aromatic ring is 1. The first-order chi connectivity index (χ1) is 9.56. The third kappa shape index (κ3) is 3.72. The van der Waals surface area contributed by atoms with Crippen LogP contribution >= 0.6 is 0 Å². The van der Waals surface area contributed by atoms with Crippen LogP contribution in [0.5, 0.6) is 5.75 Å². The zero-order valence-electron chi connectivity index (χ0n) is 10.8. The summed E-state index contributed by atoms with van der Waals surface area (Å²) in [5.74, 6) is -0.354. The standard InChI is InChI=1S/C14H15BFNO3/c16-14-9-12(5-6-13(14)15(18)19)20-8-7-10-1-3-11(17)4-2-10/h1-6,9,18-19H,7-8,17H2. The van der Waals surface area contributed by atoms with E-state index in [9.17, 15) is 4.39 Å². The first-order valence-corrected chi connectivity index (χ1v) is 6.19. The molecular weight excluding hydrogens is 260 g/mol. The highest BCUT2D eigenvalue weighted by Crippen LogP contribution is 2.12. The summed E-state index contributed by atoms with van der Waals surface area (Å²) in [6.07, 6.45) is 0.673. The predicted molar refractivity (Wildman–Crippen MR) is 76.3 cm³/mol. The Hall–Kier alpha value is -2.05. The van der Waals surface area contributed by atoms with Gasteiger partial charge in [-0.3, -0.25) is 0 Å². The van der Waals surface area contributed by atoms with Crippen LogP contribution in [0.4, 0.5) is 10.1 Å². The average molecular weight is 275 g/mol. The Bertz CT molecular complexity index is 575. The number of nitrogens with two attached hydrogens (primary N) is 1. The molecule has 0 radical (unpaired) electrons. The molecule has 20 heavy (non-hydrogen) atoms. The van der Waals surface area contributed by atoms with Gasteiger partial charge in [-0.05, 0) is 23.8 Å². The van der Waals surface area contributed by atoms with Gasteiger partial charge in [0.15, 0.2) is 0 Å². The molecule has 0 fully saturated rings. The summed E-state index contributed by atoms with van der Waals surface area (Å²) in [6.45, 7) is 0.393. The molecule has 6 heteroatoms. The van der Waals surface area contributed by atoms with E-state index in [0.717, 1.165) is 11.6 Å². The number of halogens is 1. The molecule has 0 heterocycles. The van der Waals surface area contributed by atoms with Crippen LogP contribution in [0.15, 0.2) is 42.5 Å². The van der Waals surface area contributed by atoms with Gasteiger partial charge in [0.05, 0.1) is 6.61 Å². The Labute approximate surface area is 116 Å². The van der Waals surface area contributed by atoms with Crippen LogP contribution in [0.3, 0.4) is 0 Å². The van der Waals surface area contributed by atoms with Gasteiger partial charge in [-0.15, -0.1) is 0 Å². The van der Waals surface area contributed by atoms with E-state index in [-0.39, 0.29) is 5.46 Å². The summed E-state index contributed by atoms with van der Waals surface area (Å²) >= 11 is 0. The van der Waals surface area contributed by atoms with Crippen molar-refractivity contribution < 1.29 is 19.2 Å². The molecule has 2 aromatic rings. The zero-order valence-corrected chi connectivity index (χ0v) is 10.8. The average Bonchev–Trinajstić information content (AvgIpc) is 2.41. The quantitative estimate of drug-likeness (QED) is 0.555. The van der Waals surface area contributed by atoms with Crippen molar-refractivity contribution in [2.45, 2.75) is 6.42 Å². The fourth-order valence-corrected chi connectivity index (χ4v) is 1.78. The summed E-state index contributed by atoms with van der Waals surface area (Å²) in [6, 6.07) is 11.4. The first kappa shape index (κ1) is 14.4. The maximum absolute atomic E-state index is 13.5. The van der Waals surface area contributed by atoms with E-state index in [0.29, 0.717) is 24.5 Å². The van der Waals surface area contributed by atoms with E-state index in [1.165, 1.54) is 12.1 Å². The third-order valence-electron chi connectivity index (χ3n) is 2.89.